The van der Waals surface area contributed by atoms with E-state index in [1.165, 1.54) is 25.7 Å². The highest BCUT2D eigenvalue weighted by atomic mass is 16.5. The van der Waals surface area contributed by atoms with Gasteiger partial charge in [0, 0.05) is 0 Å². The summed E-state index contributed by atoms with van der Waals surface area (Å²) in [7, 11) is 0. The molecule has 0 unspecified atom stereocenters. The molecule has 0 aliphatic heterocycles. The number of rotatable bonds is 5. The Kier molecular flexibility index (Phi) is 2.86. The molecule has 2 nitrogen and oxygen atoms in total. The molecule has 0 amide bonds. The van der Waals surface area contributed by atoms with Gasteiger partial charge < -0.3 is 9.84 Å². The normalized spacial score (nSPS) is 20.2. The quantitative estimate of drug-likeness (QED) is 0.862. The summed E-state index contributed by atoms with van der Waals surface area (Å²) in [5.41, 5.74) is 0.528. The van der Waals surface area contributed by atoms with Crippen LogP contribution in [0.2, 0.25) is 0 Å². The monoisotopic (exact) mass is 246 g/mol. The highest BCUT2D eigenvalue weighted by molar-refractivity contribution is 5.33. The van der Waals surface area contributed by atoms with Gasteiger partial charge in [-0.25, -0.2) is 0 Å². The lowest BCUT2D eigenvalue weighted by molar-refractivity contribution is -0.0102. The largest absolute Gasteiger partial charge is 0.491 e. The zero-order chi connectivity index (χ0) is 12.8. The van der Waals surface area contributed by atoms with Crippen LogP contribution in [0.4, 0.5) is 0 Å². The standard InChI is InChI=1S/C16H22O2/c1-11(2)18-15-9-7-14(8-10-15)16(17,12-3-4-12)13-5-6-13/h7-13,17H,3-6H2,1-2H3. The van der Waals surface area contributed by atoms with Crippen molar-refractivity contribution >= 4 is 0 Å². The summed E-state index contributed by atoms with van der Waals surface area (Å²) in [4.78, 5) is 0. The van der Waals surface area contributed by atoms with E-state index in [0.717, 1.165) is 11.3 Å². The van der Waals surface area contributed by atoms with Crippen LogP contribution in [0.5, 0.6) is 5.75 Å². The van der Waals surface area contributed by atoms with Crippen LogP contribution in [0.3, 0.4) is 0 Å². The van der Waals surface area contributed by atoms with Gasteiger partial charge in [-0.1, -0.05) is 12.1 Å². The Morgan fingerprint density at radius 2 is 1.56 bits per heavy atom. The van der Waals surface area contributed by atoms with Crippen molar-refractivity contribution in [1.82, 2.24) is 0 Å². The van der Waals surface area contributed by atoms with E-state index in [1.807, 2.05) is 38.1 Å². The second-order valence-electron chi connectivity index (χ2n) is 6.06. The van der Waals surface area contributed by atoms with Crippen molar-refractivity contribution < 1.29 is 9.84 Å². The Labute approximate surface area is 109 Å². The zero-order valence-corrected chi connectivity index (χ0v) is 11.2. The number of aliphatic hydroxyl groups is 1. The van der Waals surface area contributed by atoms with Crippen LogP contribution >= 0.6 is 0 Å². The Hall–Kier alpha value is -1.02. The second-order valence-corrected chi connectivity index (χ2v) is 6.06. The molecule has 0 radical (unpaired) electrons. The highest BCUT2D eigenvalue weighted by Crippen LogP contribution is 2.57. The van der Waals surface area contributed by atoms with Crippen molar-refractivity contribution in [3.63, 3.8) is 0 Å². The Bertz CT molecular complexity index is 401. The van der Waals surface area contributed by atoms with E-state index < -0.39 is 5.60 Å². The predicted octanol–water partition coefficient (Wildman–Crippen LogP) is 3.48. The second kappa shape index (κ2) is 4.27. The molecular weight excluding hydrogens is 224 g/mol. The molecule has 98 valence electrons. The molecule has 0 atom stereocenters. The molecule has 0 bridgehead atoms. The maximum absolute atomic E-state index is 11.0. The first-order valence-corrected chi connectivity index (χ1v) is 7.10. The Morgan fingerprint density at radius 1 is 1.06 bits per heavy atom. The molecule has 2 saturated carbocycles. The lowest BCUT2D eigenvalue weighted by Crippen LogP contribution is -2.30. The smallest absolute Gasteiger partial charge is 0.119 e. The fourth-order valence-electron chi connectivity index (χ4n) is 2.92. The fourth-order valence-corrected chi connectivity index (χ4v) is 2.92. The molecular formula is C16H22O2. The summed E-state index contributed by atoms with van der Waals surface area (Å²) in [6.07, 6.45) is 4.91. The minimum atomic E-state index is -0.559. The Morgan fingerprint density at radius 3 is 1.94 bits per heavy atom. The van der Waals surface area contributed by atoms with Gasteiger partial charge in [-0.3, -0.25) is 0 Å². The third-order valence-corrected chi connectivity index (χ3v) is 4.09. The van der Waals surface area contributed by atoms with E-state index in [1.54, 1.807) is 0 Å². The molecule has 2 heteroatoms. The van der Waals surface area contributed by atoms with E-state index >= 15 is 0 Å². The van der Waals surface area contributed by atoms with Crippen LogP contribution in [-0.4, -0.2) is 11.2 Å². The van der Waals surface area contributed by atoms with Crippen LogP contribution in [0.1, 0.15) is 45.1 Å². The number of ether oxygens (including phenoxy) is 1. The molecule has 3 rings (SSSR count). The van der Waals surface area contributed by atoms with Crippen molar-refractivity contribution in [2.24, 2.45) is 11.8 Å². The molecule has 0 saturated heterocycles. The van der Waals surface area contributed by atoms with E-state index in [0.29, 0.717) is 11.8 Å². The summed E-state index contributed by atoms with van der Waals surface area (Å²) in [6.45, 7) is 4.05. The third-order valence-electron chi connectivity index (χ3n) is 4.09. The van der Waals surface area contributed by atoms with Crippen molar-refractivity contribution in [3.8, 4) is 5.75 Å². The molecule has 0 aromatic heterocycles. The highest BCUT2D eigenvalue weighted by Gasteiger charge is 2.54. The maximum Gasteiger partial charge on any atom is 0.119 e. The predicted molar refractivity (Wildman–Crippen MR) is 71.6 cm³/mol. The fraction of sp³-hybridized carbons (Fsp3) is 0.625. The summed E-state index contributed by atoms with van der Waals surface area (Å²) in [6, 6.07) is 8.08. The van der Waals surface area contributed by atoms with Gasteiger partial charge in [0.15, 0.2) is 0 Å². The van der Waals surface area contributed by atoms with Gasteiger partial charge in [0.05, 0.1) is 11.7 Å². The molecule has 1 aromatic rings. The topological polar surface area (TPSA) is 29.5 Å². The molecule has 2 aliphatic carbocycles. The van der Waals surface area contributed by atoms with Gasteiger partial charge >= 0.3 is 0 Å². The van der Waals surface area contributed by atoms with Gasteiger partial charge in [-0.15, -0.1) is 0 Å². The number of hydrogen-bond donors (Lipinski definition) is 1. The van der Waals surface area contributed by atoms with Gasteiger partial charge in [-0.05, 0) is 69.1 Å². The molecule has 0 spiro atoms. The van der Waals surface area contributed by atoms with Gasteiger partial charge in [0.1, 0.15) is 5.75 Å². The maximum atomic E-state index is 11.0. The summed E-state index contributed by atoms with van der Waals surface area (Å²) >= 11 is 0. The first-order chi connectivity index (χ1) is 8.60. The number of benzene rings is 1. The molecule has 1 N–H and O–H groups in total. The number of hydrogen-bond acceptors (Lipinski definition) is 2. The van der Waals surface area contributed by atoms with Crippen LogP contribution < -0.4 is 4.74 Å². The van der Waals surface area contributed by atoms with E-state index in [2.05, 4.69) is 0 Å². The van der Waals surface area contributed by atoms with Gasteiger partial charge in [-0.2, -0.15) is 0 Å². The van der Waals surface area contributed by atoms with Crippen molar-refractivity contribution in [3.05, 3.63) is 29.8 Å². The molecule has 2 aliphatic rings. The van der Waals surface area contributed by atoms with Crippen molar-refractivity contribution in [2.45, 2.75) is 51.2 Å². The molecule has 1 aromatic carbocycles. The minimum Gasteiger partial charge on any atom is -0.491 e. The van der Waals surface area contributed by atoms with E-state index in [4.69, 9.17) is 4.74 Å². The van der Waals surface area contributed by atoms with E-state index in [9.17, 15) is 5.11 Å². The first-order valence-electron chi connectivity index (χ1n) is 7.10. The Balaban J connectivity index is 1.82. The molecule has 2 fully saturated rings. The minimum absolute atomic E-state index is 0.196. The lowest BCUT2D eigenvalue weighted by atomic mass is 9.84. The molecule has 0 heterocycles. The zero-order valence-electron chi connectivity index (χ0n) is 11.2. The summed E-state index contributed by atoms with van der Waals surface area (Å²) in [5, 5.41) is 11.0. The van der Waals surface area contributed by atoms with Gasteiger partial charge in [0.25, 0.3) is 0 Å². The lowest BCUT2D eigenvalue weighted by Gasteiger charge is -2.29. The van der Waals surface area contributed by atoms with Crippen molar-refractivity contribution in [1.29, 1.82) is 0 Å². The molecule has 18 heavy (non-hydrogen) atoms. The first kappa shape index (κ1) is 12.0. The van der Waals surface area contributed by atoms with Crippen LogP contribution in [0.25, 0.3) is 0 Å². The third kappa shape index (κ3) is 2.14. The summed E-state index contributed by atoms with van der Waals surface area (Å²) in [5.74, 6) is 1.87. The van der Waals surface area contributed by atoms with Gasteiger partial charge in [0.2, 0.25) is 0 Å². The SMILES string of the molecule is CC(C)Oc1ccc(C(O)(C2CC2)C2CC2)cc1. The average molecular weight is 246 g/mol. The van der Waals surface area contributed by atoms with E-state index in [-0.39, 0.29) is 6.10 Å². The summed E-state index contributed by atoms with van der Waals surface area (Å²) < 4.78 is 5.65. The van der Waals surface area contributed by atoms with Crippen LogP contribution in [0.15, 0.2) is 24.3 Å². The average Bonchev–Trinajstić information content (AvgIpc) is 3.17. The van der Waals surface area contributed by atoms with Crippen LogP contribution in [0, 0.1) is 11.8 Å². The van der Waals surface area contributed by atoms with Crippen LogP contribution in [-0.2, 0) is 5.60 Å². The van der Waals surface area contributed by atoms with Crippen molar-refractivity contribution in [2.75, 3.05) is 0 Å².